The van der Waals surface area contributed by atoms with Crippen LogP contribution in [0.15, 0.2) is 22.8 Å². The Morgan fingerprint density at radius 3 is 2.79 bits per heavy atom. The van der Waals surface area contributed by atoms with Gasteiger partial charge in [0.05, 0.1) is 5.69 Å². The molecule has 2 heterocycles. The van der Waals surface area contributed by atoms with E-state index >= 15 is 0 Å². The minimum absolute atomic E-state index is 0.162. The Hall–Kier alpha value is -1.01. The number of hydrogen-bond donors (Lipinski definition) is 2. The zero-order valence-corrected chi connectivity index (χ0v) is 9.35. The normalized spacial score (nSPS) is 20.5. The zero-order chi connectivity index (χ0) is 10.1. The SMILES string of the molecule is O=C1NC(=S)NC1c1ccc(Br)cn1. The number of pyridine rings is 1. The predicted molar refractivity (Wildman–Crippen MR) is 58.6 cm³/mol. The quantitative estimate of drug-likeness (QED) is 0.745. The van der Waals surface area contributed by atoms with Gasteiger partial charge in [-0.05, 0) is 40.3 Å². The average Bonchev–Trinajstić information content (AvgIpc) is 2.47. The van der Waals surface area contributed by atoms with Gasteiger partial charge >= 0.3 is 0 Å². The van der Waals surface area contributed by atoms with Gasteiger partial charge in [-0.3, -0.25) is 9.78 Å². The number of halogens is 1. The Bertz CT molecular complexity index is 392. The number of aromatic nitrogens is 1. The highest BCUT2D eigenvalue weighted by molar-refractivity contribution is 9.10. The van der Waals surface area contributed by atoms with Gasteiger partial charge in [0.15, 0.2) is 11.2 Å². The van der Waals surface area contributed by atoms with Crippen molar-refractivity contribution in [2.45, 2.75) is 6.04 Å². The first-order valence-electron chi connectivity index (χ1n) is 3.89. The maximum absolute atomic E-state index is 11.4. The van der Waals surface area contributed by atoms with Crippen LogP contribution >= 0.6 is 28.1 Å². The molecule has 2 rings (SSSR count). The largest absolute Gasteiger partial charge is 0.346 e. The third kappa shape index (κ3) is 1.76. The molecule has 1 aromatic heterocycles. The lowest BCUT2D eigenvalue weighted by molar-refractivity contribution is -0.120. The van der Waals surface area contributed by atoms with E-state index in [2.05, 4.69) is 31.5 Å². The number of carbonyl (C=O) groups excluding carboxylic acids is 1. The van der Waals surface area contributed by atoms with Gasteiger partial charge in [0.25, 0.3) is 5.91 Å². The van der Waals surface area contributed by atoms with Crippen LogP contribution in [0.1, 0.15) is 11.7 Å². The Labute approximate surface area is 94.2 Å². The number of rotatable bonds is 1. The van der Waals surface area contributed by atoms with E-state index in [4.69, 9.17) is 12.2 Å². The molecule has 1 aliphatic heterocycles. The van der Waals surface area contributed by atoms with Crippen LogP contribution in [0.25, 0.3) is 0 Å². The molecule has 0 spiro atoms. The topological polar surface area (TPSA) is 54.0 Å². The van der Waals surface area contributed by atoms with E-state index in [-0.39, 0.29) is 5.91 Å². The van der Waals surface area contributed by atoms with E-state index in [1.807, 2.05) is 6.07 Å². The van der Waals surface area contributed by atoms with Gasteiger partial charge < -0.3 is 10.6 Å². The summed E-state index contributed by atoms with van der Waals surface area (Å²) in [6.45, 7) is 0. The highest BCUT2D eigenvalue weighted by atomic mass is 79.9. The third-order valence-corrected chi connectivity index (χ3v) is 2.51. The van der Waals surface area contributed by atoms with Gasteiger partial charge in [-0.15, -0.1) is 0 Å². The summed E-state index contributed by atoms with van der Waals surface area (Å²) in [5.74, 6) is -0.162. The molecular formula is C8H6BrN3OS. The van der Waals surface area contributed by atoms with E-state index in [1.165, 1.54) is 0 Å². The van der Waals surface area contributed by atoms with Crippen molar-refractivity contribution in [2.24, 2.45) is 0 Å². The van der Waals surface area contributed by atoms with Crippen LogP contribution in [0.2, 0.25) is 0 Å². The van der Waals surface area contributed by atoms with Gasteiger partial charge in [-0.25, -0.2) is 0 Å². The molecule has 0 radical (unpaired) electrons. The molecule has 1 unspecified atom stereocenters. The molecule has 72 valence electrons. The molecule has 2 N–H and O–H groups in total. The Morgan fingerprint density at radius 2 is 2.29 bits per heavy atom. The van der Waals surface area contributed by atoms with Crippen LogP contribution in [0.4, 0.5) is 0 Å². The summed E-state index contributed by atoms with van der Waals surface area (Å²) in [6.07, 6.45) is 1.64. The van der Waals surface area contributed by atoms with Gasteiger partial charge in [0.2, 0.25) is 0 Å². The van der Waals surface area contributed by atoms with E-state index in [1.54, 1.807) is 12.3 Å². The minimum atomic E-state index is -0.462. The standard InChI is InChI=1S/C8H6BrN3OS/c9-4-1-2-5(10-3-4)6-7(13)12-8(14)11-6/h1-3,6H,(H2,11,12,13,14). The number of hydrogen-bond acceptors (Lipinski definition) is 3. The molecule has 6 heteroatoms. The molecule has 0 aliphatic carbocycles. The first-order chi connectivity index (χ1) is 6.66. The van der Waals surface area contributed by atoms with Crippen molar-refractivity contribution in [3.05, 3.63) is 28.5 Å². The maximum Gasteiger partial charge on any atom is 0.254 e. The van der Waals surface area contributed by atoms with Crippen LogP contribution in [0.3, 0.4) is 0 Å². The van der Waals surface area contributed by atoms with Crippen molar-refractivity contribution in [1.29, 1.82) is 0 Å². The fraction of sp³-hybridized carbons (Fsp3) is 0.125. The highest BCUT2D eigenvalue weighted by Gasteiger charge is 2.29. The van der Waals surface area contributed by atoms with Gasteiger partial charge in [-0.2, -0.15) is 0 Å². The van der Waals surface area contributed by atoms with E-state index in [9.17, 15) is 4.79 Å². The summed E-state index contributed by atoms with van der Waals surface area (Å²) in [6, 6.07) is 3.14. The summed E-state index contributed by atoms with van der Waals surface area (Å²) < 4.78 is 0.877. The van der Waals surface area contributed by atoms with Gasteiger partial charge in [0, 0.05) is 10.7 Å². The zero-order valence-electron chi connectivity index (χ0n) is 6.95. The van der Waals surface area contributed by atoms with Crippen molar-refractivity contribution in [3.63, 3.8) is 0 Å². The van der Waals surface area contributed by atoms with Gasteiger partial charge in [-0.1, -0.05) is 0 Å². The average molecular weight is 272 g/mol. The second-order valence-electron chi connectivity index (χ2n) is 2.80. The molecule has 0 saturated carbocycles. The lowest BCUT2D eigenvalue weighted by atomic mass is 10.2. The smallest absolute Gasteiger partial charge is 0.254 e. The van der Waals surface area contributed by atoms with Crippen LogP contribution < -0.4 is 10.6 Å². The van der Waals surface area contributed by atoms with Crippen molar-refractivity contribution >= 4 is 39.2 Å². The molecule has 0 aromatic carbocycles. The van der Waals surface area contributed by atoms with Crippen molar-refractivity contribution < 1.29 is 4.79 Å². The van der Waals surface area contributed by atoms with Crippen molar-refractivity contribution in [1.82, 2.24) is 15.6 Å². The van der Waals surface area contributed by atoms with Crippen molar-refractivity contribution in [3.8, 4) is 0 Å². The number of amides is 1. The van der Waals surface area contributed by atoms with Crippen LogP contribution in [0, 0.1) is 0 Å². The third-order valence-electron chi connectivity index (χ3n) is 1.82. The number of nitrogens with zero attached hydrogens (tertiary/aromatic N) is 1. The molecule has 14 heavy (non-hydrogen) atoms. The molecular weight excluding hydrogens is 266 g/mol. The Balaban J connectivity index is 2.27. The molecule has 1 amide bonds. The molecule has 1 saturated heterocycles. The fourth-order valence-electron chi connectivity index (χ4n) is 1.18. The van der Waals surface area contributed by atoms with Crippen LogP contribution in [-0.2, 0) is 4.79 Å². The Morgan fingerprint density at radius 1 is 1.50 bits per heavy atom. The Kier molecular flexibility index (Phi) is 2.47. The number of nitrogens with one attached hydrogen (secondary N) is 2. The fourth-order valence-corrected chi connectivity index (χ4v) is 1.64. The molecule has 4 nitrogen and oxygen atoms in total. The van der Waals surface area contributed by atoms with E-state index in [0.717, 1.165) is 4.47 Å². The van der Waals surface area contributed by atoms with Crippen LogP contribution in [-0.4, -0.2) is 16.0 Å². The maximum atomic E-state index is 11.4. The van der Waals surface area contributed by atoms with Crippen LogP contribution in [0.5, 0.6) is 0 Å². The summed E-state index contributed by atoms with van der Waals surface area (Å²) >= 11 is 8.09. The first-order valence-corrected chi connectivity index (χ1v) is 5.10. The first kappa shape index (κ1) is 9.54. The second kappa shape index (κ2) is 3.62. The summed E-state index contributed by atoms with van der Waals surface area (Å²) in [4.78, 5) is 15.5. The minimum Gasteiger partial charge on any atom is -0.346 e. The molecule has 1 atom stereocenters. The summed E-state index contributed by atoms with van der Waals surface area (Å²) in [5.41, 5.74) is 0.658. The number of carbonyl (C=O) groups is 1. The second-order valence-corrected chi connectivity index (χ2v) is 4.12. The van der Waals surface area contributed by atoms with E-state index in [0.29, 0.717) is 10.8 Å². The monoisotopic (exact) mass is 271 g/mol. The lowest BCUT2D eigenvalue weighted by Gasteiger charge is -2.05. The van der Waals surface area contributed by atoms with E-state index < -0.39 is 6.04 Å². The van der Waals surface area contributed by atoms with Crippen molar-refractivity contribution in [2.75, 3.05) is 0 Å². The summed E-state index contributed by atoms with van der Waals surface area (Å²) in [5, 5.41) is 5.69. The lowest BCUT2D eigenvalue weighted by Crippen LogP contribution is -2.21. The summed E-state index contributed by atoms with van der Waals surface area (Å²) in [7, 11) is 0. The molecule has 1 aromatic rings. The predicted octanol–water partition coefficient (Wildman–Crippen LogP) is 0.890. The molecule has 1 fully saturated rings. The molecule has 0 bridgehead atoms. The molecule has 1 aliphatic rings. The highest BCUT2D eigenvalue weighted by Crippen LogP contribution is 2.16. The number of thiocarbonyl (C=S) groups is 1. The van der Waals surface area contributed by atoms with Gasteiger partial charge in [0.1, 0.15) is 0 Å².